The number of imidazole rings is 2. The molecule has 25 heavy (non-hydrogen) atoms. The maximum atomic E-state index is 10.7. The van der Waals surface area contributed by atoms with Crippen molar-refractivity contribution in [2.75, 3.05) is 11.9 Å². The van der Waals surface area contributed by atoms with Crippen LogP contribution in [0.2, 0.25) is 5.02 Å². The van der Waals surface area contributed by atoms with Crippen molar-refractivity contribution in [3.8, 4) is 11.4 Å². The molecule has 0 saturated carbocycles. The fourth-order valence-corrected chi connectivity index (χ4v) is 2.92. The summed E-state index contributed by atoms with van der Waals surface area (Å²) in [5, 5.41) is 12.8. The Kier molecular flexibility index (Phi) is 4.67. The Hall–Kier alpha value is -2.54. The van der Waals surface area contributed by atoms with E-state index >= 15 is 0 Å². The Morgan fingerprint density at radius 3 is 2.76 bits per heavy atom. The molecule has 132 valence electrons. The van der Waals surface area contributed by atoms with Gasteiger partial charge in [0.2, 0.25) is 0 Å². The molecule has 0 aliphatic rings. The first kappa shape index (κ1) is 17.3. The van der Waals surface area contributed by atoms with E-state index in [1.807, 2.05) is 42.0 Å². The minimum Gasteiger partial charge on any atom is -0.481 e. The average Bonchev–Trinajstić information content (AvgIpc) is 3.09. The lowest BCUT2D eigenvalue weighted by atomic mass is 10.3. The van der Waals surface area contributed by atoms with Crippen LogP contribution in [-0.2, 0) is 11.8 Å². The highest BCUT2D eigenvalue weighted by Crippen LogP contribution is 2.31. The molecule has 8 heteroatoms. The maximum absolute atomic E-state index is 10.7. The minimum atomic E-state index is -0.804. The number of carbonyl (C=O) groups is 1. The number of nitrogens with one attached hydrogen (secondary N) is 1. The molecule has 3 aromatic rings. The third-order valence-corrected chi connectivity index (χ3v) is 4.69. The molecule has 0 radical (unpaired) electrons. The van der Waals surface area contributed by atoms with Crippen molar-refractivity contribution in [3.63, 3.8) is 0 Å². The van der Waals surface area contributed by atoms with E-state index in [9.17, 15) is 4.79 Å². The first-order chi connectivity index (χ1) is 11.9. The van der Waals surface area contributed by atoms with E-state index in [1.54, 1.807) is 6.20 Å². The number of aliphatic carboxylic acids is 1. The highest BCUT2D eigenvalue weighted by Gasteiger charge is 2.19. The highest BCUT2D eigenvalue weighted by molar-refractivity contribution is 6.31. The van der Waals surface area contributed by atoms with E-state index in [4.69, 9.17) is 21.7 Å². The van der Waals surface area contributed by atoms with Crippen molar-refractivity contribution in [1.29, 1.82) is 0 Å². The van der Waals surface area contributed by atoms with Gasteiger partial charge in [-0.2, -0.15) is 0 Å². The third-order valence-electron chi connectivity index (χ3n) is 4.29. The van der Waals surface area contributed by atoms with Crippen molar-refractivity contribution in [1.82, 2.24) is 18.9 Å². The van der Waals surface area contributed by atoms with Gasteiger partial charge in [-0.3, -0.25) is 9.20 Å². The zero-order valence-electron chi connectivity index (χ0n) is 14.4. The number of nitrogens with zero attached hydrogens (tertiary/aromatic N) is 4. The van der Waals surface area contributed by atoms with E-state index in [0.29, 0.717) is 18.0 Å². The van der Waals surface area contributed by atoms with Crippen molar-refractivity contribution in [2.45, 2.75) is 26.7 Å². The lowest BCUT2D eigenvalue weighted by molar-refractivity contribution is -0.137. The number of halogens is 1. The highest BCUT2D eigenvalue weighted by atomic mass is 35.5. The molecular formula is C17H20ClN5O2. The van der Waals surface area contributed by atoms with Gasteiger partial charge < -0.3 is 15.0 Å². The van der Waals surface area contributed by atoms with E-state index in [1.165, 1.54) is 0 Å². The molecular weight excluding hydrogens is 342 g/mol. The van der Waals surface area contributed by atoms with Crippen LogP contribution in [0.15, 0.2) is 18.3 Å². The van der Waals surface area contributed by atoms with Gasteiger partial charge in [-0.25, -0.2) is 9.97 Å². The first-order valence-electron chi connectivity index (χ1n) is 8.02. The molecule has 0 spiro atoms. The van der Waals surface area contributed by atoms with E-state index < -0.39 is 5.97 Å². The van der Waals surface area contributed by atoms with Crippen molar-refractivity contribution in [3.05, 3.63) is 34.9 Å². The number of aryl methyl sites for hydroxylation is 2. The molecule has 0 aromatic carbocycles. The third kappa shape index (κ3) is 3.19. The number of hydrogen-bond donors (Lipinski definition) is 2. The number of pyridine rings is 1. The Balaban J connectivity index is 2.09. The maximum Gasteiger partial charge on any atom is 0.303 e. The van der Waals surface area contributed by atoms with Crippen LogP contribution >= 0.6 is 11.6 Å². The summed E-state index contributed by atoms with van der Waals surface area (Å²) in [5.74, 6) is 0.878. The quantitative estimate of drug-likeness (QED) is 0.658. The zero-order chi connectivity index (χ0) is 18.1. The van der Waals surface area contributed by atoms with Gasteiger partial charge in [-0.15, -0.1) is 0 Å². The largest absolute Gasteiger partial charge is 0.481 e. The summed E-state index contributed by atoms with van der Waals surface area (Å²) in [6.07, 6.45) is 2.42. The predicted molar refractivity (Wildman–Crippen MR) is 97.2 cm³/mol. The molecule has 0 fully saturated rings. The van der Waals surface area contributed by atoms with Crippen LogP contribution in [0.1, 0.15) is 24.4 Å². The first-order valence-corrected chi connectivity index (χ1v) is 8.40. The van der Waals surface area contributed by atoms with E-state index in [2.05, 4.69) is 10.3 Å². The van der Waals surface area contributed by atoms with Crippen LogP contribution < -0.4 is 5.32 Å². The Bertz CT molecular complexity index is 944. The molecule has 3 heterocycles. The summed E-state index contributed by atoms with van der Waals surface area (Å²) in [5.41, 5.74) is 3.30. The Labute approximate surface area is 150 Å². The lowest BCUT2D eigenvalue weighted by Crippen LogP contribution is -2.09. The smallest absolute Gasteiger partial charge is 0.303 e. The van der Waals surface area contributed by atoms with Crippen LogP contribution in [-0.4, -0.2) is 36.6 Å². The molecule has 7 nitrogen and oxygen atoms in total. The summed E-state index contributed by atoms with van der Waals surface area (Å²) in [4.78, 5) is 19.8. The molecule has 0 amide bonds. The summed E-state index contributed by atoms with van der Waals surface area (Å²) < 4.78 is 3.93. The molecule has 0 atom stereocenters. The summed E-state index contributed by atoms with van der Waals surface area (Å²) in [6, 6.07) is 3.69. The molecule has 0 aliphatic heterocycles. The summed E-state index contributed by atoms with van der Waals surface area (Å²) >= 11 is 6.28. The second-order valence-electron chi connectivity index (χ2n) is 5.94. The summed E-state index contributed by atoms with van der Waals surface area (Å²) in [7, 11) is 1.94. The topological polar surface area (TPSA) is 84.4 Å². The van der Waals surface area contributed by atoms with E-state index in [0.717, 1.165) is 34.4 Å². The number of fused-ring (bicyclic) bond motifs is 1. The van der Waals surface area contributed by atoms with Gasteiger partial charge in [0.25, 0.3) is 0 Å². The molecule has 3 rings (SSSR count). The van der Waals surface area contributed by atoms with Crippen LogP contribution in [0.5, 0.6) is 0 Å². The molecule has 0 aliphatic carbocycles. The van der Waals surface area contributed by atoms with Gasteiger partial charge >= 0.3 is 5.97 Å². The van der Waals surface area contributed by atoms with Gasteiger partial charge in [0.05, 0.1) is 16.9 Å². The van der Waals surface area contributed by atoms with Crippen molar-refractivity contribution in [2.24, 2.45) is 7.05 Å². The Morgan fingerprint density at radius 2 is 2.12 bits per heavy atom. The normalized spacial score (nSPS) is 11.2. The molecule has 0 unspecified atom stereocenters. The number of aromatic nitrogens is 4. The van der Waals surface area contributed by atoms with Gasteiger partial charge in [0.15, 0.2) is 0 Å². The molecule has 0 bridgehead atoms. The van der Waals surface area contributed by atoms with Crippen molar-refractivity contribution >= 4 is 29.0 Å². The standard InChI is InChI=1S/C17H20ClN5O2/c1-10-12(18)6-7-14-21-16(13-9-20-11(2)22(13)3)17(23(10)14)19-8-4-5-15(24)25/h6-7,9,19H,4-5,8H2,1-3H3,(H,24,25). The van der Waals surface area contributed by atoms with Crippen LogP contribution in [0, 0.1) is 13.8 Å². The Morgan fingerprint density at radius 1 is 1.36 bits per heavy atom. The number of rotatable bonds is 6. The molecule has 3 aromatic heterocycles. The second-order valence-corrected chi connectivity index (χ2v) is 6.35. The lowest BCUT2D eigenvalue weighted by Gasteiger charge is -2.11. The summed E-state index contributed by atoms with van der Waals surface area (Å²) in [6.45, 7) is 4.38. The monoisotopic (exact) mass is 361 g/mol. The predicted octanol–water partition coefficient (Wildman–Crippen LogP) is 3.28. The molecule has 2 N–H and O–H groups in total. The van der Waals surface area contributed by atoms with Gasteiger partial charge in [0, 0.05) is 25.7 Å². The van der Waals surface area contributed by atoms with Crippen LogP contribution in [0.25, 0.3) is 17.0 Å². The fourth-order valence-electron chi connectivity index (χ4n) is 2.77. The van der Waals surface area contributed by atoms with E-state index in [-0.39, 0.29) is 6.42 Å². The van der Waals surface area contributed by atoms with Gasteiger partial charge in [-0.1, -0.05) is 11.6 Å². The average molecular weight is 362 g/mol. The number of carboxylic acids is 1. The number of anilines is 1. The zero-order valence-corrected chi connectivity index (χ0v) is 15.1. The van der Waals surface area contributed by atoms with Crippen molar-refractivity contribution < 1.29 is 9.90 Å². The number of hydrogen-bond acceptors (Lipinski definition) is 4. The molecule has 0 saturated heterocycles. The van der Waals surface area contributed by atoms with Crippen LogP contribution in [0.3, 0.4) is 0 Å². The van der Waals surface area contributed by atoms with Gasteiger partial charge in [0.1, 0.15) is 23.0 Å². The fraction of sp³-hybridized carbons (Fsp3) is 0.353. The second kappa shape index (κ2) is 6.76. The SMILES string of the molecule is Cc1ncc(-c2nc3ccc(Cl)c(C)n3c2NCCCC(=O)O)n1C. The minimum absolute atomic E-state index is 0.115. The van der Waals surface area contributed by atoms with Gasteiger partial charge in [-0.05, 0) is 32.4 Å². The van der Waals surface area contributed by atoms with Crippen LogP contribution in [0.4, 0.5) is 5.82 Å². The number of carboxylic acid groups (broad SMARTS) is 1.